The Balaban J connectivity index is 0.000000126. The molecule has 15 aromatic rings. The van der Waals surface area contributed by atoms with Gasteiger partial charge in [-0.25, -0.2) is 0 Å². The van der Waals surface area contributed by atoms with E-state index in [0.717, 1.165) is 16.4 Å². The lowest BCUT2D eigenvalue weighted by Crippen LogP contribution is -2.41. The number of fused-ring (bicyclic) bond motifs is 3. The summed E-state index contributed by atoms with van der Waals surface area (Å²) in [5.74, 6) is 0. The summed E-state index contributed by atoms with van der Waals surface area (Å²) in [6.07, 6.45) is 0. The molecular formula is C102H93B3O6. The van der Waals surface area contributed by atoms with Crippen LogP contribution in [-0.2, 0) is 27.9 Å². The van der Waals surface area contributed by atoms with E-state index < -0.39 is 0 Å². The van der Waals surface area contributed by atoms with E-state index in [2.05, 4.69) is 429 Å². The van der Waals surface area contributed by atoms with E-state index in [9.17, 15) is 0 Å². The van der Waals surface area contributed by atoms with Crippen LogP contribution in [0.15, 0.2) is 346 Å². The van der Waals surface area contributed by atoms with Gasteiger partial charge in [-0.3, -0.25) is 0 Å². The van der Waals surface area contributed by atoms with E-state index >= 15 is 0 Å². The standard InChI is InChI=1S/3C34H31BO2/c1-33(2)34(3,4)37-35(36-33)29-21-20-26-22-28(19-18-27(26)23-29)32-30(24-12-7-5-8-13-24)16-11-17-31(32)25-14-9-6-10-15-25;1-33(2)34(3,4)37-35(36-33)30-19-17-26-21-29(16-15-27(26)22-30)32-23-28(24-11-7-5-8-12-24)18-20-31(32)25-13-9-6-10-14-25;1-33(2)34(3,4)37-35(36-33)30-19-17-27-21-26(15-16-28(27)22-30)29-18-20-31(24-11-7-5-8-12-24)32(23-29)25-13-9-6-10-14-25/h3*5-23H,1-4H3. The minimum Gasteiger partial charge on any atom is -0.399 e. The molecule has 15 aromatic carbocycles. The second-order valence-corrected chi connectivity index (χ2v) is 32.7. The van der Waals surface area contributed by atoms with Crippen molar-refractivity contribution in [2.45, 2.75) is 117 Å². The third-order valence-corrected chi connectivity index (χ3v) is 23.7. The van der Waals surface area contributed by atoms with Crippen LogP contribution >= 0.6 is 0 Å². The highest BCUT2D eigenvalue weighted by Crippen LogP contribution is 2.45. The Morgan fingerprint density at radius 3 is 0.748 bits per heavy atom. The molecule has 111 heavy (non-hydrogen) atoms. The first-order valence-corrected chi connectivity index (χ1v) is 38.9. The highest BCUT2D eigenvalue weighted by Gasteiger charge is 2.54. The van der Waals surface area contributed by atoms with Crippen molar-refractivity contribution in [3.8, 4) is 100 Å². The van der Waals surface area contributed by atoms with Gasteiger partial charge < -0.3 is 27.9 Å². The zero-order chi connectivity index (χ0) is 76.9. The molecule has 0 saturated carbocycles. The van der Waals surface area contributed by atoms with E-state index in [1.165, 1.54) is 132 Å². The van der Waals surface area contributed by atoms with E-state index in [4.69, 9.17) is 27.9 Å². The molecule has 0 atom stereocenters. The van der Waals surface area contributed by atoms with Crippen LogP contribution in [0.1, 0.15) is 83.1 Å². The molecule has 3 heterocycles. The highest BCUT2D eigenvalue weighted by molar-refractivity contribution is 6.63. The Kier molecular flexibility index (Phi) is 20.1. The zero-order valence-corrected chi connectivity index (χ0v) is 65.6. The Morgan fingerprint density at radius 1 is 0.162 bits per heavy atom. The largest absolute Gasteiger partial charge is 0.494 e. The molecule has 3 aliphatic rings. The fourth-order valence-electron chi connectivity index (χ4n) is 15.2. The lowest BCUT2D eigenvalue weighted by molar-refractivity contribution is 0.00578. The monoisotopic (exact) mass is 1450 g/mol. The molecule has 0 aromatic heterocycles. The van der Waals surface area contributed by atoms with Crippen molar-refractivity contribution < 1.29 is 27.9 Å². The van der Waals surface area contributed by atoms with Crippen molar-refractivity contribution in [2.24, 2.45) is 0 Å². The molecule has 0 unspecified atom stereocenters. The van der Waals surface area contributed by atoms with Gasteiger partial charge in [0, 0.05) is 0 Å². The normalized spacial score (nSPS) is 16.3. The van der Waals surface area contributed by atoms with Gasteiger partial charge in [-0.15, -0.1) is 0 Å². The molecule has 0 N–H and O–H groups in total. The highest BCUT2D eigenvalue weighted by atomic mass is 16.7. The predicted molar refractivity (Wildman–Crippen MR) is 468 cm³/mol. The zero-order valence-electron chi connectivity index (χ0n) is 65.6. The van der Waals surface area contributed by atoms with Crippen molar-refractivity contribution in [1.29, 1.82) is 0 Å². The molecule has 18 rings (SSSR count). The minimum atomic E-state index is -0.363. The van der Waals surface area contributed by atoms with Crippen LogP contribution in [0.5, 0.6) is 0 Å². The lowest BCUT2D eigenvalue weighted by Gasteiger charge is -2.32. The summed E-state index contributed by atoms with van der Waals surface area (Å²) in [7, 11) is -1.08. The van der Waals surface area contributed by atoms with Gasteiger partial charge in [0.1, 0.15) is 0 Å². The summed E-state index contributed by atoms with van der Waals surface area (Å²) in [5.41, 5.74) is 23.0. The molecule has 0 amide bonds. The smallest absolute Gasteiger partial charge is 0.399 e. The summed E-state index contributed by atoms with van der Waals surface area (Å²) in [4.78, 5) is 0. The van der Waals surface area contributed by atoms with Gasteiger partial charge in [-0.05, 0) is 262 Å². The molecule has 9 heteroatoms. The molecule has 3 saturated heterocycles. The number of hydrogen-bond donors (Lipinski definition) is 0. The van der Waals surface area contributed by atoms with E-state index in [1.54, 1.807) is 0 Å². The van der Waals surface area contributed by atoms with Crippen LogP contribution in [0.2, 0.25) is 0 Å². The molecule has 0 radical (unpaired) electrons. The van der Waals surface area contributed by atoms with E-state index in [1.807, 2.05) is 0 Å². The first-order valence-electron chi connectivity index (χ1n) is 38.9. The number of hydrogen-bond acceptors (Lipinski definition) is 6. The number of rotatable bonds is 12. The molecule has 3 fully saturated rings. The Bertz CT molecular complexity index is 5760. The Morgan fingerprint density at radius 2 is 0.396 bits per heavy atom. The molecule has 3 aliphatic heterocycles. The van der Waals surface area contributed by atoms with Gasteiger partial charge in [-0.2, -0.15) is 0 Å². The fourth-order valence-corrected chi connectivity index (χ4v) is 15.2. The quantitative estimate of drug-likeness (QED) is 0.114. The lowest BCUT2D eigenvalue weighted by atomic mass is 9.78. The first kappa shape index (κ1) is 74.1. The molecule has 0 spiro atoms. The number of benzene rings is 15. The van der Waals surface area contributed by atoms with Crippen LogP contribution in [0.25, 0.3) is 132 Å². The molecule has 0 bridgehead atoms. The average molecular weight is 1450 g/mol. The van der Waals surface area contributed by atoms with Crippen LogP contribution in [-0.4, -0.2) is 55.0 Å². The fraction of sp³-hybridized carbons (Fsp3) is 0.176. The third kappa shape index (κ3) is 15.2. The maximum absolute atomic E-state index is 6.30. The topological polar surface area (TPSA) is 55.4 Å². The van der Waals surface area contributed by atoms with Gasteiger partial charge in [0.05, 0.1) is 33.6 Å². The summed E-state index contributed by atoms with van der Waals surface area (Å²) >= 11 is 0. The van der Waals surface area contributed by atoms with Crippen molar-refractivity contribution in [1.82, 2.24) is 0 Å². The Labute approximate surface area is 656 Å². The van der Waals surface area contributed by atoms with Crippen LogP contribution < -0.4 is 16.4 Å². The molecular weight excluding hydrogens is 1350 g/mol. The van der Waals surface area contributed by atoms with Gasteiger partial charge in [-0.1, -0.05) is 315 Å². The predicted octanol–water partition coefficient (Wildman–Crippen LogP) is 24.4. The van der Waals surface area contributed by atoms with Crippen molar-refractivity contribution in [2.75, 3.05) is 0 Å². The second-order valence-electron chi connectivity index (χ2n) is 32.7. The minimum absolute atomic E-state index is 0.348. The summed E-state index contributed by atoms with van der Waals surface area (Å²) in [5, 5.41) is 7.12. The van der Waals surface area contributed by atoms with Gasteiger partial charge in [0.25, 0.3) is 0 Å². The van der Waals surface area contributed by atoms with Gasteiger partial charge in [0.2, 0.25) is 0 Å². The van der Waals surface area contributed by atoms with Crippen LogP contribution in [0, 0.1) is 0 Å². The van der Waals surface area contributed by atoms with Crippen molar-refractivity contribution >= 4 is 70.1 Å². The van der Waals surface area contributed by atoms with Crippen molar-refractivity contribution in [3.63, 3.8) is 0 Å². The third-order valence-electron chi connectivity index (χ3n) is 23.7. The maximum atomic E-state index is 6.30. The van der Waals surface area contributed by atoms with E-state index in [-0.39, 0.29) is 55.0 Å². The van der Waals surface area contributed by atoms with Gasteiger partial charge in [0.15, 0.2) is 0 Å². The first-order chi connectivity index (χ1) is 53.4. The van der Waals surface area contributed by atoms with Crippen molar-refractivity contribution in [3.05, 3.63) is 346 Å². The van der Waals surface area contributed by atoms with Gasteiger partial charge >= 0.3 is 21.4 Å². The molecule has 0 aliphatic carbocycles. The summed E-state index contributed by atoms with van der Waals surface area (Å²) in [6, 6.07) is 124. The SMILES string of the molecule is CC1(C)OB(c2ccc3cc(-c4c(-c5ccccc5)cccc4-c4ccccc4)ccc3c2)OC1(C)C.CC1(C)OB(c2ccc3cc(-c4cc(-c5ccccc5)ccc4-c4ccccc4)ccc3c2)OC1(C)C.CC1(C)OB(c2ccc3cc(-c4ccc(-c5ccccc5)c(-c5ccccc5)c4)ccc3c2)OC1(C)C. The van der Waals surface area contributed by atoms with Crippen LogP contribution in [0.4, 0.5) is 0 Å². The Hall–Kier alpha value is -11.0. The maximum Gasteiger partial charge on any atom is 0.494 e. The van der Waals surface area contributed by atoms with E-state index in [0.29, 0.717) is 0 Å². The summed E-state index contributed by atoms with van der Waals surface area (Å²) < 4.78 is 37.7. The molecule has 6 nitrogen and oxygen atoms in total. The molecule has 546 valence electrons. The summed E-state index contributed by atoms with van der Waals surface area (Å²) in [6.45, 7) is 25.1. The average Bonchev–Trinajstić information content (AvgIpc) is 1.67. The van der Waals surface area contributed by atoms with Crippen LogP contribution in [0.3, 0.4) is 0 Å². The second kappa shape index (κ2) is 30.0.